The van der Waals surface area contributed by atoms with Gasteiger partial charge in [-0.2, -0.15) is 0 Å². The van der Waals surface area contributed by atoms with Crippen molar-refractivity contribution in [1.29, 1.82) is 0 Å². The molecular formula is C13H16N4O3. The Morgan fingerprint density at radius 3 is 2.40 bits per heavy atom. The van der Waals surface area contributed by atoms with Gasteiger partial charge < -0.3 is 21.7 Å². The highest BCUT2D eigenvalue weighted by Crippen LogP contribution is 2.23. The summed E-state index contributed by atoms with van der Waals surface area (Å²) in [7, 11) is 0. The number of nitrogens with zero attached hydrogens (tertiary/aromatic N) is 1. The molecule has 0 atom stereocenters. The van der Waals surface area contributed by atoms with E-state index >= 15 is 0 Å². The summed E-state index contributed by atoms with van der Waals surface area (Å²) in [5.74, 6) is -1.82. The smallest absolute Gasteiger partial charge is 0.254 e. The van der Waals surface area contributed by atoms with E-state index in [0.29, 0.717) is 5.56 Å². The monoisotopic (exact) mass is 276 g/mol. The average molecular weight is 276 g/mol. The first kappa shape index (κ1) is 13.9. The van der Waals surface area contributed by atoms with Crippen LogP contribution in [0.4, 0.5) is 5.69 Å². The lowest BCUT2D eigenvalue weighted by molar-refractivity contribution is -0.121. The van der Waals surface area contributed by atoms with Crippen LogP contribution in [0, 0.1) is 0 Å². The van der Waals surface area contributed by atoms with E-state index in [4.69, 9.17) is 11.5 Å². The normalized spacial score (nSPS) is 12.4. The molecule has 0 aromatic heterocycles. The highest BCUT2D eigenvalue weighted by molar-refractivity contribution is 5.99. The fraction of sp³-hybridized carbons (Fsp3) is 0.308. The van der Waals surface area contributed by atoms with Crippen molar-refractivity contribution in [2.75, 3.05) is 25.0 Å². The predicted octanol–water partition coefficient (Wildman–Crippen LogP) is -0.933. The number of fused-ring (bicyclic) bond motifs is 1. The van der Waals surface area contributed by atoms with Gasteiger partial charge in [0.15, 0.2) is 0 Å². The molecule has 106 valence electrons. The van der Waals surface area contributed by atoms with Crippen LogP contribution in [0.2, 0.25) is 0 Å². The van der Waals surface area contributed by atoms with E-state index in [0.717, 1.165) is 29.1 Å². The van der Waals surface area contributed by atoms with Crippen LogP contribution in [-0.4, -0.2) is 42.3 Å². The first-order valence-electron chi connectivity index (χ1n) is 6.20. The van der Waals surface area contributed by atoms with Crippen molar-refractivity contribution in [1.82, 2.24) is 4.90 Å². The Morgan fingerprint density at radius 1 is 1.15 bits per heavy atom. The molecule has 1 aliphatic heterocycles. The molecule has 1 aromatic rings. The van der Waals surface area contributed by atoms with Gasteiger partial charge in [-0.3, -0.25) is 14.4 Å². The summed E-state index contributed by atoms with van der Waals surface area (Å²) in [6.45, 7) is 0.160. The SMILES string of the molecule is NC(=O)CN(CC(N)=O)C(=O)c1ccc2c(c1)CCN2. The van der Waals surface area contributed by atoms with Crippen molar-refractivity contribution in [3.63, 3.8) is 0 Å². The minimum atomic E-state index is -0.692. The lowest BCUT2D eigenvalue weighted by atomic mass is 10.1. The fourth-order valence-electron chi connectivity index (χ4n) is 2.20. The molecule has 7 heteroatoms. The molecule has 1 aliphatic rings. The van der Waals surface area contributed by atoms with Gasteiger partial charge in [-0.15, -0.1) is 0 Å². The van der Waals surface area contributed by atoms with Crippen LogP contribution < -0.4 is 16.8 Å². The van der Waals surface area contributed by atoms with E-state index in [1.54, 1.807) is 12.1 Å². The lowest BCUT2D eigenvalue weighted by Crippen LogP contribution is -2.43. The topological polar surface area (TPSA) is 119 Å². The van der Waals surface area contributed by atoms with Crippen molar-refractivity contribution in [2.24, 2.45) is 11.5 Å². The number of anilines is 1. The number of hydrogen-bond donors (Lipinski definition) is 3. The van der Waals surface area contributed by atoms with Crippen LogP contribution in [0.1, 0.15) is 15.9 Å². The van der Waals surface area contributed by atoms with E-state index in [1.807, 2.05) is 6.07 Å². The maximum absolute atomic E-state index is 12.3. The summed E-state index contributed by atoms with van der Waals surface area (Å²) < 4.78 is 0. The van der Waals surface area contributed by atoms with Crippen molar-refractivity contribution >= 4 is 23.4 Å². The van der Waals surface area contributed by atoms with Crippen molar-refractivity contribution in [2.45, 2.75) is 6.42 Å². The number of carbonyl (C=O) groups is 3. The predicted molar refractivity (Wildman–Crippen MR) is 72.9 cm³/mol. The first-order chi connectivity index (χ1) is 9.47. The second kappa shape index (κ2) is 5.60. The zero-order valence-electron chi connectivity index (χ0n) is 10.9. The Balaban J connectivity index is 2.22. The molecule has 0 unspecified atom stereocenters. The molecule has 7 nitrogen and oxygen atoms in total. The lowest BCUT2D eigenvalue weighted by Gasteiger charge is -2.19. The summed E-state index contributed by atoms with van der Waals surface area (Å²) >= 11 is 0. The van der Waals surface area contributed by atoms with Gasteiger partial charge in [0.05, 0.1) is 0 Å². The van der Waals surface area contributed by atoms with E-state index in [1.165, 1.54) is 0 Å². The Bertz CT molecular complexity index is 555. The van der Waals surface area contributed by atoms with Gasteiger partial charge >= 0.3 is 0 Å². The molecule has 0 saturated heterocycles. The Labute approximate surface area is 115 Å². The molecule has 3 amide bonds. The maximum atomic E-state index is 12.3. The highest BCUT2D eigenvalue weighted by Gasteiger charge is 2.21. The van der Waals surface area contributed by atoms with Crippen LogP contribution in [0.3, 0.4) is 0 Å². The van der Waals surface area contributed by atoms with E-state index < -0.39 is 17.7 Å². The summed E-state index contributed by atoms with van der Waals surface area (Å²) in [6, 6.07) is 5.21. The summed E-state index contributed by atoms with van der Waals surface area (Å²) in [6.07, 6.45) is 0.835. The average Bonchev–Trinajstić information content (AvgIpc) is 2.83. The molecular weight excluding hydrogens is 260 g/mol. The zero-order valence-corrected chi connectivity index (χ0v) is 10.9. The van der Waals surface area contributed by atoms with E-state index in [2.05, 4.69) is 5.32 Å². The first-order valence-corrected chi connectivity index (χ1v) is 6.20. The van der Waals surface area contributed by atoms with Gasteiger partial charge in [0.1, 0.15) is 13.1 Å². The third-order valence-electron chi connectivity index (χ3n) is 3.04. The zero-order chi connectivity index (χ0) is 14.7. The highest BCUT2D eigenvalue weighted by atomic mass is 16.2. The molecule has 0 fully saturated rings. The molecule has 0 bridgehead atoms. The van der Waals surface area contributed by atoms with Crippen LogP contribution in [0.25, 0.3) is 0 Å². The maximum Gasteiger partial charge on any atom is 0.254 e. The largest absolute Gasteiger partial charge is 0.384 e. The molecule has 0 spiro atoms. The third-order valence-corrected chi connectivity index (χ3v) is 3.04. The van der Waals surface area contributed by atoms with Crippen LogP contribution >= 0.6 is 0 Å². The number of carbonyl (C=O) groups excluding carboxylic acids is 3. The molecule has 1 heterocycles. The molecule has 0 aliphatic carbocycles. The second-order valence-electron chi connectivity index (χ2n) is 4.64. The number of nitrogens with two attached hydrogens (primary N) is 2. The number of rotatable bonds is 5. The second-order valence-corrected chi connectivity index (χ2v) is 4.64. The van der Waals surface area contributed by atoms with E-state index in [9.17, 15) is 14.4 Å². The van der Waals surface area contributed by atoms with Crippen molar-refractivity contribution in [3.05, 3.63) is 29.3 Å². The number of hydrogen-bond acceptors (Lipinski definition) is 4. The quantitative estimate of drug-likeness (QED) is 0.643. The van der Waals surface area contributed by atoms with Gasteiger partial charge in [0.25, 0.3) is 5.91 Å². The molecule has 20 heavy (non-hydrogen) atoms. The van der Waals surface area contributed by atoms with Crippen LogP contribution in [0.15, 0.2) is 18.2 Å². The Hall–Kier alpha value is -2.57. The minimum Gasteiger partial charge on any atom is -0.384 e. The molecule has 0 saturated carbocycles. The number of primary amides is 2. The van der Waals surface area contributed by atoms with E-state index in [-0.39, 0.29) is 13.1 Å². The van der Waals surface area contributed by atoms with Crippen molar-refractivity contribution in [3.8, 4) is 0 Å². The number of amides is 3. The summed E-state index contributed by atoms with van der Waals surface area (Å²) in [5.41, 5.74) is 12.6. The molecule has 1 aromatic carbocycles. The van der Waals surface area contributed by atoms with Crippen LogP contribution in [0.5, 0.6) is 0 Å². The van der Waals surface area contributed by atoms with Gasteiger partial charge in [0, 0.05) is 17.8 Å². The van der Waals surface area contributed by atoms with Crippen LogP contribution in [-0.2, 0) is 16.0 Å². The Kier molecular flexibility index (Phi) is 3.88. The molecule has 0 radical (unpaired) electrons. The number of benzene rings is 1. The summed E-state index contributed by atoms with van der Waals surface area (Å²) in [4.78, 5) is 35.3. The molecule has 2 rings (SSSR count). The third kappa shape index (κ3) is 3.05. The minimum absolute atomic E-state index is 0.336. The van der Waals surface area contributed by atoms with Gasteiger partial charge in [-0.1, -0.05) is 0 Å². The van der Waals surface area contributed by atoms with Crippen molar-refractivity contribution < 1.29 is 14.4 Å². The number of nitrogens with one attached hydrogen (secondary N) is 1. The summed E-state index contributed by atoms with van der Waals surface area (Å²) in [5, 5.41) is 3.19. The molecule has 5 N–H and O–H groups in total. The van der Waals surface area contributed by atoms with Gasteiger partial charge in [-0.05, 0) is 30.2 Å². The Morgan fingerprint density at radius 2 is 1.80 bits per heavy atom. The standard InChI is InChI=1S/C13H16N4O3/c14-11(18)6-17(7-12(15)19)13(20)9-1-2-10-8(5-9)3-4-16-10/h1-2,5,16H,3-4,6-7H2,(H2,14,18)(H2,15,19). The van der Waals surface area contributed by atoms with Gasteiger partial charge in [-0.25, -0.2) is 0 Å². The van der Waals surface area contributed by atoms with Gasteiger partial charge in [0.2, 0.25) is 11.8 Å². The fourth-order valence-corrected chi connectivity index (χ4v) is 2.20.